The monoisotopic (exact) mass is 394 g/mol. The van der Waals surface area contributed by atoms with E-state index in [-0.39, 0.29) is 12.4 Å². The number of rotatable bonds is 5. The van der Waals surface area contributed by atoms with E-state index in [1.165, 1.54) is 29.7 Å². The summed E-state index contributed by atoms with van der Waals surface area (Å²) >= 11 is 1.41. The number of hydrogen-bond donors (Lipinski definition) is 0. The molecule has 28 heavy (non-hydrogen) atoms. The van der Waals surface area contributed by atoms with Crippen LogP contribution in [0.2, 0.25) is 0 Å². The summed E-state index contributed by atoms with van der Waals surface area (Å²) in [6, 6.07) is 11.6. The van der Waals surface area contributed by atoms with Gasteiger partial charge in [0, 0.05) is 17.1 Å². The molecule has 0 N–H and O–H groups in total. The summed E-state index contributed by atoms with van der Waals surface area (Å²) in [5, 5.41) is 6.78. The van der Waals surface area contributed by atoms with Crippen molar-refractivity contribution in [3.8, 4) is 16.4 Å². The lowest BCUT2D eigenvalue weighted by Crippen LogP contribution is -2.08. The number of aromatic nitrogens is 4. The Labute approximate surface area is 164 Å². The number of carbonyl (C=O) groups is 1. The zero-order valence-electron chi connectivity index (χ0n) is 14.9. The van der Waals surface area contributed by atoms with Crippen LogP contribution in [0.15, 0.2) is 60.2 Å². The molecule has 8 heteroatoms. The molecule has 0 amide bonds. The minimum Gasteiger partial charge on any atom is -0.455 e. The van der Waals surface area contributed by atoms with Gasteiger partial charge in [-0.1, -0.05) is 6.07 Å². The van der Waals surface area contributed by atoms with E-state index in [9.17, 15) is 9.18 Å². The molecule has 1 aromatic carbocycles. The first-order valence-electron chi connectivity index (χ1n) is 8.45. The van der Waals surface area contributed by atoms with Gasteiger partial charge in [0.1, 0.15) is 23.0 Å². The number of benzene rings is 1. The van der Waals surface area contributed by atoms with Crippen molar-refractivity contribution in [2.75, 3.05) is 0 Å². The zero-order valence-corrected chi connectivity index (χ0v) is 15.7. The van der Waals surface area contributed by atoms with Gasteiger partial charge in [0.05, 0.1) is 17.6 Å². The van der Waals surface area contributed by atoms with Crippen molar-refractivity contribution < 1.29 is 13.9 Å². The molecular weight excluding hydrogens is 379 g/mol. The van der Waals surface area contributed by atoms with E-state index < -0.39 is 5.97 Å². The van der Waals surface area contributed by atoms with Crippen LogP contribution in [0.1, 0.15) is 21.7 Å². The summed E-state index contributed by atoms with van der Waals surface area (Å²) in [5.41, 5.74) is 2.47. The third-order valence-corrected chi connectivity index (χ3v) is 5.03. The number of esters is 1. The van der Waals surface area contributed by atoms with Gasteiger partial charge in [-0.2, -0.15) is 5.10 Å². The highest BCUT2D eigenvalue weighted by atomic mass is 32.1. The van der Waals surface area contributed by atoms with Crippen molar-refractivity contribution in [1.82, 2.24) is 19.7 Å². The van der Waals surface area contributed by atoms with Crippen molar-refractivity contribution in [1.29, 1.82) is 0 Å². The molecule has 3 aromatic heterocycles. The van der Waals surface area contributed by atoms with Crippen LogP contribution in [0, 0.1) is 12.7 Å². The zero-order chi connectivity index (χ0) is 19.5. The second-order valence-corrected chi connectivity index (χ2v) is 6.83. The van der Waals surface area contributed by atoms with Crippen LogP contribution < -0.4 is 0 Å². The topological polar surface area (TPSA) is 69.9 Å². The fourth-order valence-corrected chi connectivity index (χ4v) is 3.45. The molecule has 0 atom stereocenters. The van der Waals surface area contributed by atoms with Crippen molar-refractivity contribution in [3.63, 3.8) is 0 Å². The van der Waals surface area contributed by atoms with Crippen LogP contribution >= 0.6 is 11.3 Å². The molecule has 140 valence electrons. The number of carbonyl (C=O) groups excluding carboxylic acids is 1. The van der Waals surface area contributed by atoms with Gasteiger partial charge in [-0.3, -0.25) is 0 Å². The molecule has 4 aromatic rings. The standard InChI is InChI=1S/C20H15FN4O2S/c1-13-17(10-23-25(13)18-4-2-3-9-22-18)20(26)27-11-16-12-28-19(24-16)14-5-7-15(21)8-6-14/h2-10,12H,11H2,1H3. The summed E-state index contributed by atoms with van der Waals surface area (Å²) in [6.45, 7) is 1.83. The number of ether oxygens (including phenoxy) is 1. The van der Waals surface area contributed by atoms with Gasteiger partial charge < -0.3 is 4.74 Å². The molecule has 0 spiro atoms. The van der Waals surface area contributed by atoms with E-state index in [0.717, 1.165) is 10.6 Å². The summed E-state index contributed by atoms with van der Waals surface area (Å²) in [4.78, 5) is 21.1. The van der Waals surface area contributed by atoms with Crippen molar-refractivity contribution in [2.45, 2.75) is 13.5 Å². The van der Waals surface area contributed by atoms with Crippen LogP contribution in [0.5, 0.6) is 0 Å². The highest BCUT2D eigenvalue weighted by Gasteiger charge is 2.17. The van der Waals surface area contributed by atoms with Crippen LogP contribution in [0.25, 0.3) is 16.4 Å². The SMILES string of the molecule is Cc1c(C(=O)OCc2csc(-c3ccc(F)cc3)n2)cnn1-c1ccccn1. The predicted octanol–water partition coefficient (Wildman–Crippen LogP) is 4.20. The van der Waals surface area contributed by atoms with Gasteiger partial charge in [0.25, 0.3) is 0 Å². The molecule has 0 saturated heterocycles. The lowest BCUT2D eigenvalue weighted by Gasteiger charge is -2.04. The van der Waals surface area contributed by atoms with Crippen molar-refractivity contribution in [2.24, 2.45) is 0 Å². The molecule has 0 radical (unpaired) electrons. The van der Waals surface area contributed by atoms with Crippen LogP contribution in [0.4, 0.5) is 4.39 Å². The maximum atomic E-state index is 13.0. The normalized spacial score (nSPS) is 10.8. The Balaban J connectivity index is 1.44. The fourth-order valence-electron chi connectivity index (χ4n) is 2.64. The molecule has 0 unspecified atom stereocenters. The highest BCUT2D eigenvalue weighted by molar-refractivity contribution is 7.13. The van der Waals surface area contributed by atoms with Gasteiger partial charge in [0.2, 0.25) is 0 Å². The number of thiazole rings is 1. The Morgan fingerprint density at radius 3 is 2.79 bits per heavy atom. The Bertz CT molecular complexity index is 1110. The molecule has 3 heterocycles. The van der Waals surface area contributed by atoms with E-state index >= 15 is 0 Å². The van der Waals surface area contributed by atoms with E-state index in [4.69, 9.17) is 4.74 Å². The Morgan fingerprint density at radius 1 is 1.21 bits per heavy atom. The maximum Gasteiger partial charge on any atom is 0.342 e. The van der Waals surface area contributed by atoms with Gasteiger partial charge in [-0.15, -0.1) is 11.3 Å². The first kappa shape index (κ1) is 18.0. The van der Waals surface area contributed by atoms with Crippen molar-refractivity contribution >= 4 is 17.3 Å². The summed E-state index contributed by atoms with van der Waals surface area (Å²) in [5.74, 6) is -0.144. The Kier molecular flexibility index (Phi) is 4.94. The molecule has 0 aliphatic carbocycles. The largest absolute Gasteiger partial charge is 0.455 e. The second-order valence-electron chi connectivity index (χ2n) is 5.97. The molecule has 4 rings (SSSR count). The minimum atomic E-state index is -0.476. The molecule has 0 aliphatic rings. The predicted molar refractivity (Wildman–Crippen MR) is 103 cm³/mol. The molecule has 0 aliphatic heterocycles. The van der Waals surface area contributed by atoms with Crippen LogP contribution in [0.3, 0.4) is 0 Å². The highest BCUT2D eigenvalue weighted by Crippen LogP contribution is 2.24. The molecule has 6 nitrogen and oxygen atoms in total. The summed E-state index contributed by atoms with van der Waals surface area (Å²) in [7, 11) is 0. The lowest BCUT2D eigenvalue weighted by molar-refractivity contribution is 0.0467. The quantitative estimate of drug-likeness (QED) is 0.475. The molecular formula is C20H15FN4O2S. The lowest BCUT2D eigenvalue weighted by atomic mass is 10.2. The maximum absolute atomic E-state index is 13.0. The van der Waals surface area contributed by atoms with E-state index in [2.05, 4.69) is 15.1 Å². The molecule has 0 saturated carbocycles. The Morgan fingerprint density at radius 2 is 2.04 bits per heavy atom. The number of hydrogen-bond acceptors (Lipinski definition) is 6. The second kappa shape index (κ2) is 7.69. The third-order valence-electron chi connectivity index (χ3n) is 4.09. The van der Waals surface area contributed by atoms with Gasteiger partial charge in [-0.05, 0) is 43.3 Å². The number of nitrogens with zero attached hydrogens (tertiary/aromatic N) is 4. The molecule has 0 fully saturated rings. The Hall–Kier alpha value is -3.39. The first-order chi connectivity index (χ1) is 13.6. The van der Waals surface area contributed by atoms with Crippen LogP contribution in [-0.2, 0) is 11.3 Å². The minimum absolute atomic E-state index is 0.0464. The van der Waals surface area contributed by atoms with Crippen LogP contribution in [-0.4, -0.2) is 25.7 Å². The number of halogens is 1. The third kappa shape index (κ3) is 3.67. The number of pyridine rings is 1. The first-order valence-corrected chi connectivity index (χ1v) is 9.33. The average Bonchev–Trinajstić information content (AvgIpc) is 3.34. The summed E-state index contributed by atoms with van der Waals surface area (Å²) in [6.07, 6.45) is 3.13. The van der Waals surface area contributed by atoms with E-state index in [1.54, 1.807) is 36.0 Å². The average molecular weight is 394 g/mol. The fraction of sp³-hybridized carbons (Fsp3) is 0.100. The van der Waals surface area contributed by atoms with Crippen molar-refractivity contribution in [3.05, 3.63) is 83.0 Å². The molecule has 0 bridgehead atoms. The van der Waals surface area contributed by atoms with E-state index in [0.29, 0.717) is 22.8 Å². The van der Waals surface area contributed by atoms with E-state index in [1.807, 2.05) is 17.5 Å². The van der Waals surface area contributed by atoms with Gasteiger partial charge in [0.15, 0.2) is 5.82 Å². The summed E-state index contributed by atoms with van der Waals surface area (Å²) < 4.78 is 20.0. The van der Waals surface area contributed by atoms with Gasteiger partial charge in [-0.25, -0.2) is 23.8 Å². The van der Waals surface area contributed by atoms with Gasteiger partial charge >= 0.3 is 5.97 Å². The smallest absolute Gasteiger partial charge is 0.342 e.